The topological polar surface area (TPSA) is 130 Å². The van der Waals surface area contributed by atoms with Gasteiger partial charge in [-0.3, -0.25) is 20.2 Å². The molecule has 0 N–H and O–H groups in total. The minimum atomic E-state index is -4.60. The average molecular weight is 391 g/mol. The summed E-state index contributed by atoms with van der Waals surface area (Å²) in [5.41, 5.74) is -1.27. The van der Waals surface area contributed by atoms with Crippen molar-refractivity contribution in [3.63, 3.8) is 0 Å². The quantitative estimate of drug-likeness (QED) is 0.434. The van der Waals surface area contributed by atoms with Crippen molar-refractivity contribution in [3.8, 4) is 5.75 Å². The van der Waals surface area contributed by atoms with Gasteiger partial charge in [-0.25, -0.2) is 0 Å². The molecule has 2 aromatic carbocycles. The molecule has 9 nitrogen and oxygen atoms in total. The van der Waals surface area contributed by atoms with Crippen LogP contribution in [0.1, 0.15) is 5.56 Å². The van der Waals surface area contributed by atoms with Crippen molar-refractivity contribution in [2.24, 2.45) is 0 Å². The van der Waals surface area contributed by atoms with Crippen molar-refractivity contribution in [1.82, 2.24) is 0 Å². The Labute approximate surface area is 145 Å². The Bertz CT molecular complexity index is 994. The zero-order chi connectivity index (χ0) is 18.9. The van der Waals surface area contributed by atoms with Gasteiger partial charge in [0.25, 0.3) is 5.69 Å². The van der Waals surface area contributed by atoms with E-state index in [2.05, 4.69) is 4.18 Å². The second-order valence-electron chi connectivity index (χ2n) is 4.73. The molecule has 12 heteroatoms. The lowest BCUT2D eigenvalue weighted by molar-refractivity contribution is -0.387. The van der Waals surface area contributed by atoms with E-state index in [0.717, 1.165) is 12.1 Å². The molecular formula is C13H8ClFN2O7S. The first-order valence-corrected chi connectivity index (χ1v) is 8.14. The molecule has 0 heterocycles. The summed E-state index contributed by atoms with van der Waals surface area (Å²) in [7, 11) is -4.60. The van der Waals surface area contributed by atoms with Crippen LogP contribution in [0.15, 0.2) is 35.2 Å². The Morgan fingerprint density at radius 3 is 2.24 bits per heavy atom. The van der Waals surface area contributed by atoms with Crippen LogP contribution in [0.25, 0.3) is 0 Å². The lowest BCUT2D eigenvalue weighted by atomic mass is 10.2. The van der Waals surface area contributed by atoms with Gasteiger partial charge in [0.05, 0.1) is 20.9 Å². The van der Waals surface area contributed by atoms with Gasteiger partial charge in [0, 0.05) is 17.7 Å². The molecule has 0 amide bonds. The van der Waals surface area contributed by atoms with Crippen molar-refractivity contribution in [1.29, 1.82) is 0 Å². The largest absolute Gasteiger partial charge is 0.377 e. The number of benzene rings is 2. The summed E-state index contributed by atoms with van der Waals surface area (Å²) in [6.45, 7) is 1.41. The first-order chi connectivity index (χ1) is 11.5. The van der Waals surface area contributed by atoms with Gasteiger partial charge in [-0.05, 0) is 13.0 Å². The first kappa shape index (κ1) is 18.5. The molecule has 0 atom stereocenters. The standard InChI is InChI=1S/C13H8ClFN2O7S/c1-7-2-3-8(4-11(7)16(18)19)25(22,23)24-13-6-12(17(20)21)10(15)5-9(13)14/h2-6H,1H3. The number of nitrogens with zero attached hydrogens (tertiary/aromatic N) is 2. The molecule has 0 radical (unpaired) electrons. The number of hydrogen-bond donors (Lipinski definition) is 0. The van der Waals surface area contributed by atoms with Crippen molar-refractivity contribution in [2.45, 2.75) is 11.8 Å². The van der Waals surface area contributed by atoms with Gasteiger partial charge in [0.15, 0.2) is 5.75 Å². The van der Waals surface area contributed by atoms with Crippen molar-refractivity contribution >= 4 is 33.1 Å². The monoisotopic (exact) mass is 390 g/mol. The van der Waals surface area contributed by atoms with Crippen LogP contribution in [-0.2, 0) is 10.1 Å². The van der Waals surface area contributed by atoms with Gasteiger partial charge in [0.1, 0.15) is 4.90 Å². The van der Waals surface area contributed by atoms with Crippen molar-refractivity contribution in [3.05, 3.63) is 67.0 Å². The summed E-state index contributed by atoms with van der Waals surface area (Å²) in [5.74, 6) is -1.95. The van der Waals surface area contributed by atoms with Crippen LogP contribution in [0.4, 0.5) is 15.8 Å². The predicted molar refractivity (Wildman–Crippen MR) is 83.7 cm³/mol. The second-order valence-corrected chi connectivity index (χ2v) is 6.69. The number of aryl methyl sites for hydroxylation is 1. The molecule has 132 valence electrons. The van der Waals surface area contributed by atoms with Gasteiger partial charge in [0.2, 0.25) is 5.82 Å². The van der Waals surface area contributed by atoms with Gasteiger partial charge in [-0.1, -0.05) is 17.7 Å². The maximum absolute atomic E-state index is 13.4. The first-order valence-electron chi connectivity index (χ1n) is 6.36. The Kier molecular flexibility index (Phi) is 4.90. The van der Waals surface area contributed by atoms with Crippen LogP contribution < -0.4 is 4.18 Å². The highest BCUT2D eigenvalue weighted by Crippen LogP contribution is 2.34. The zero-order valence-corrected chi connectivity index (χ0v) is 13.9. The molecule has 0 aliphatic carbocycles. The fourth-order valence-electron chi connectivity index (χ4n) is 1.83. The minimum absolute atomic E-state index is 0.222. The highest BCUT2D eigenvalue weighted by Gasteiger charge is 2.25. The summed E-state index contributed by atoms with van der Waals surface area (Å²) < 4.78 is 42.6. The zero-order valence-electron chi connectivity index (χ0n) is 12.3. The van der Waals surface area contributed by atoms with Crippen LogP contribution in [-0.4, -0.2) is 18.3 Å². The number of hydrogen-bond acceptors (Lipinski definition) is 7. The Balaban J connectivity index is 2.50. The Morgan fingerprint density at radius 2 is 1.68 bits per heavy atom. The third-order valence-corrected chi connectivity index (χ3v) is 4.59. The van der Waals surface area contributed by atoms with Crippen LogP contribution in [0.5, 0.6) is 5.75 Å². The van der Waals surface area contributed by atoms with Crippen LogP contribution >= 0.6 is 11.6 Å². The maximum atomic E-state index is 13.4. The van der Waals surface area contributed by atoms with E-state index in [1.807, 2.05) is 0 Å². The molecule has 2 aromatic rings. The third-order valence-electron chi connectivity index (χ3n) is 3.06. The molecule has 0 saturated carbocycles. The third kappa shape index (κ3) is 3.83. The Morgan fingerprint density at radius 1 is 1.08 bits per heavy atom. The van der Waals surface area contributed by atoms with E-state index in [1.165, 1.54) is 13.0 Å². The fraction of sp³-hybridized carbons (Fsp3) is 0.0769. The van der Waals surface area contributed by atoms with Crippen molar-refractivity contribution < 1.29 is 26.8 Å². The summed E-state index contributed by atoms with van der Waals surface area (Å²) in [4.78, 5) is 19.2. The fourth-order valence-corrected chi connectivity index (χ4v) is 3.03. The summed E-state index contributed by atoms with van der Waals surface area (Å²) >= 11 is 5.65. The minimum Gasteiger partial charge on any atom is -0.377 e. The second kappa shape index (κ2) is 6.61. The van der Waals surface area contributed by atoms with E-state index < -0.39 is 52.8 Å². The van der Waals surface area contributed by atoms with E-state index in [-0.39, 0.29) is 5.56 Å². The lowest BCUT2D eigenvalue weighted by Gasteiger charge is -2.09. The molecule has 0 unspecified atom stereocenters. The molecule has 0 aliphatic rings. The van der Waals surface area contributed by atoms with E-state index in [1.54, 1.807) is 0 Å². The SMILES string of the molecule is Cc1ccc(S(=O)(=O)Oc2cc([N+](=O)[O-])c(F)cc2Cl)cc1[N+](=O)[O-]. The number of nitro benzene ring substituents is 2. The number of nitro groups is 2. The highest BCUT2D eigenvalue weighted by atomic mass is 35.5. The van der Waals surface area contributed by atoms with Crippen LogP contribution in [0.2, 0.25) is 5.02 Å². The molecular weight excluding hydrogens is 383 g/mol. The van der Waals surface area contributed by atoms with E-state index in [4.69, 9.17) is 11.6 Å². The normalized spacial score (nSPS) is 11.2. The van der Waals surface area contributed by atoms with Gasteiger partial charge < -0.3 is 4.18 Å². The molecule has 0 saturated heterocycles. The van der Waals surface area contributed by atoms with Gasteiger partial charge >= 0.3 is 15.8 Å². The lowest BCUT2D eigenvalue weighted by Crippen LogP contribution is -2.11. The predicted octanol–water partition coefficient (Wildman–Crippen LogP) is 3.37. The molecule has 0 bridgehead atoms. The highest BCUT2D eigenvalue weighted by molar-refractivity contribution is 7.87. The summed E-state index contributed by atoms with van der Waals surface area (Å²) in [5, 5.41) is 21.1. The summed E-state index contributed by atoms with van der Waals surface area (Å²) in [6, 6.07) is 4.07. The molecule has 0 aromatic heterocycles. The molecule has 25 heavy (non-hydrogen) atoms. The number of rotatable bonds is 5. The van der Waals surface area contributed by atoms with E-state index >= 15 is 0 Å². The summed E-state index contributed by atoms with van der Waals surface area (Å²) in [6.07, 6.45) is 0. The number of halogens is 2. The molecule has 0 fully saturated rings. The molecule has 0 aliphatic heterocycles. The Hall–Kier alpha value is -2.79. The molecule has 2 rings (SSSR count). The molecule has 0 spiro atoms. The van der Waals surface area contributed by atoms with E-state index in [9.17, 15) is 33.0 Å². The van der Waals surface area contributed by atoms with Gasteiger partial charge in [-0.2, -0.15) is 12.8 Å². The maximum Gasteiger partial charge on any atom is 0.339 e. The van der Waals surface area contributed by atoms with Gasteiger partial charge in [-0.15, -0.1) is 0 Å². The average Bonchev–Trinajstić information content (AvgIpc) is 2.49. The van der Waals surface area contributed by atoms with E-state index in [0.29, 0.717) is 12.1 Å². The van der Waals surface area contributed by atoms with Crippen LogP contribution in [0, 0.1) is 33.0 Å². The smallest absolute Gasteiger partial charge is 0.339 e. The van der Waals surface area contributed by atoms with Crippen LogP contribution in [0.3, 0.4) is 0 Å². The van der Waals surface area contributed by atoms with Crippen molar-refractivity contribution in [2.75, 3.05) is 0 Å².